The quantitative estimate of drug-likeness (QED) is 0.189. The highest BCUT2D eigenvalue weighted by Gasteiger charge is 2.36. The molecule has 232 valence electrons. The lowest BCUT2D eigenvalue weighted by molar-refractivity contribution is 0.660. The lowest BCUT2D eigenvalue weighted by atomic mass is 9.82. The van der Waals surface area contributed by atoms with E-state index in [0.29, 0.717) is 0 Å². The summed E-state index contributed by atoms with van der Waals surface area (Å²) in [6, 6.07) is 62.4. The summed E-state index contributed by atoms with van der Waals surface area (Å²) in [7, 11) is 0. The van der Waals surface area contributed by atoms with Gasteiger partial charge >= 0.3 is 0 Å². The van der Waals surface area contributed by atoms with Gasteiger partial charge in [-0.05, 0) is 104 Å². The van der Waals surface area contributed by atoms with E-state index in [-0.39, 0.29) is 5.41 Å². The van der Waals surface area contributed by atoms with E-state index >= 15 is 0 Å². The number of rotatable bonds is 4. The summed E-state index contributed by atoms with van der Waals surface area (Å²) in [5.74, 6) is 0. The fourth-order valence-corrected chi connectivity index (χ4v) is 8.35. The third kappa shape index (κ3) is 4.14. The van der Waals surface area contributed by atoms with Gasteiger partial charge in [0.05, 0.1) is 11.0 Å². The maximum absolute atomic E-state index is 2.46. The fourth-order valence-electron chi connectivity index (χ4n) is 8.35. The van der Waals surface area contributed by atoms with Crippen molar-refractivity contribution in [1.29, 1.82) is 0 Å². The molecule has 0 saturated heterocycles. The second-order valence-electron chi connectivity index (χ2n) is 13.8. The van der Waals surface area contributed by atoms with Gasteiger partial charge in [0, 0.05) is 38.9 Å². The first-order valence-electron chi connectivity index (χ1n) is 17.1. The summed E-state index contributed by atoms with van der Waals surface area (Å²) < 4.78 is 2.46. The van der Waals surface area contributed by atoms with Crippen LogP contribution in [0.1, 0.15) is 25.0 Å². The number of nitrogens with zero attached hydrogens (tertiary/aromatic N) is 2. The smallest absolute Gasteiger partial charge is 0.0547 e. The predicted molar refractivity (Wildman–Crippen MR) is 208 cm³/mol. The molecule has 1 heterocycles. The van der Waals surface area contributed by atoms with E-state index in [1.54, 1.807) is 0 Å². The summed E-state index contributed by atoms with van der Waals surface area (Å²) in [5, 5.41) is 7.66. The van der Waals surface area contributed by atoms with Crippen molar-refractivity contribution in [2.45, 2.75) is 19.3 Å². The van der Waals surface area contributed by atoms with Crippen LogP contribution in [0, 0.1) is 0 Å². The Morgan fingerprint density at radius 3 is 1.88 bits per heavy atom. The van der Waals surface area contributed by atoms with Crippen molar-refractivity contribution >= 4 is 60.4 Å². The van der Waals surface area contributed by atoms with E-state index in [1.165, 1.54) is 71.3 Å². The molecule has 0 spiro atoms. The lowest BCUT2D eigenvalue weighted by Crippen LogP contribution is -2.17. The van der Waals surface area contributed by atoms with Crippen LogP contribution in [-0.2, 0) is 5.41 Å². The van der Waals surface area contributed by atoms with E-state index in [0.717, 1.165) is 17.1 Å². The molecule has 0 radical (unpaired) electrons. The second-order valence-corrected chi connectivity index (χ2v) is 13.8. The minimum absolute atomic E-state index is 0.187. The summed E-state index contributed by atoms with van der Waals surface area (Å²) in [6.07, 6.45) is 0. The summed E-state index contributed by atoms with van der Waals surface area (Å²) >= 11 is 0. The fraction of sp³-hybridized carbons (Fsp3) is 0.0638. The van der Waals surface area contributed by atoms with Crippen LogP contribution in [0.5, 0.6) is 0 Å². The van der Waals surface area contributed by atoms with Gasteiger partial charge in [0.15, 0.2) is 0 Å². The first kappa shape index (κ1) is 27.9. The van der Waals surface area contributed by atoms with E-state index in [9.17, 15) is 0 Å². The molecule has 0 amide bonds. The summed E-state index contributed by atoms with van der Waals surface area (Å²) in [4.78, 5) is 2.39. The predicted octanol–water partition coefficient (Wildman–Crippen LogP) is 12.9. The average Bonchev–Trinajstić information content (AvgIpc) is 3.60. The monoisotopic (exact) mass is 626 g/mol. The van der Waals surface area contributed by atoms with Gasteiger partial charge in [-0.25, -0.2) is 0 Å². The number of hydrogen-bond acceptors (Lipinski definition) is 1. The molecule has 0 saturated carbocycles. The van der Waals surface area contributed by atoms with Gasteiger partial charge in [-0.1, -0.05) is 123 Å². The van der Waals surface area contributed by atoms with Crippen LogP contribution in [0.25, 0.3) is 60.2 Å². The molecule has 1 aromatic heterocycles. The lowest BCUT2D eigenvalue weighted by Gasteiger charge is -2.28. The Kier molecular flexibility index (Phi) is 5.95. The van der Waals surface area contributed by atoms with Crippen LogP contribution in [0.4, 0.5) is 17.1 Å². The van der Waals surface area contributed by atoms with Crippen molar-refractivity contribution in [1.82, 2.24) is 4.57 Å². The van der Waals surface area contributed by atoms with Gasteiger partial charge in [-0.2, -0.15) is 0 Å². The van der Waals surface area contributed by atoms with Crippen molar-refractivity contribution in [2.75, 3.05) is 4.90 Å². The number of hydrogen-bond donors (Lipinski definition) is 0. The average molecular weight is 627 g/mol. The topological polar surface area (TPSA) is 8.17 Å². The van der Waals surface area contributed by atoms with E-state index in [4.69, 9.17) is 0 Å². The van der Waals surface area contributed by atoms with Crippen molar-refractivity contribution in [2.24, 2.45) is 0 Å². The van der Waals surface area contributed by atoms with Gasteiger partial charge in [-0.3, -0.25) is 0 Å². The Hall–Kier alpha value is -6.12. The molecule has 2 heteroatoms. The minimum Gasteiger partial charge on any atom is -0.310 e. The maximum atomic E-state index is 2.46. The second kappa shape index (κ2) is 10.4. The van der Waals surface area contributed by atoms with Crippen LogP contribution in [0.15, 0.2) is 170 Å². The van der Waals surface area contributed by atoms with E-state index in [2.05, 4.69) is 193 Å². The molecule has 0 unspecified atom stereocenters. The maximum Gasteiger partial charge on any atom is 0.0547 e. The largest absolute Gasteiger partial charge is 0.310 e. The standard InChI is InChI=1S/C47H34N2/c1-47(2)42-29-36(48(34-15-4-3-5-16-34)35-22-20-31-12-6-7-14-33(31)28-35)23-25-39(42)40-26-24-37(30-43(40)47)49-44-19-11-10-18-41(44)46-38-17-9-8-13-32(38)21-27-45(46)49/h3-30H,1-2H3. The Morgan fingerprint density at radius 2 is 1.04 bits per heavy atom. The molecule has 0 aliphatic heterocycles. The highest BCUT2D eigenvalue weighted by atomic mass is 15.1. The van der Waals surface area contributed by atoms with Crippen LogP contribution < -0.4 is 4.90 Å². The van der Waals surface area contributed by atoms with Gasteiger partial charge < -0.3 is 9.47 Å². The molecule has 0 fully saturated rings. The molecule has 0 bridgehead atoms. The SMILES string of the molecule is CC1(C)c2cc(N(c3ccccc3)c3ccc4ccccc4c3)ccc2-c2ccc(-n3c4ccccc4c4c5ccccc5ccc43)cc21. The van der Waals surface area contributed by atoms with E-state index in [1.807, 2.05) is 0 Å². The first-order chi connectivity index (χ1) is 24.1. The molecule has 9 aromatic rings. The van der Waals surface area contributed by atoms with Crippen molar-refractivity contribution in [3.8, 4) is 16.8 Å². The molecule has 2 nitrogen and oxygen atoms in total. The summed E-state index contributed by atoms with van der Waals surface area (Å²) in [5.41, 5.74) is 12.3. The van der Waals surface area contributed by atoms with Gasteiger partial charge in [0.25, 0.3) is 0 Å². The molecule has 0 N–H and O–H groups in total. The molecule has 10 rings (SSSR count). The molecule has 0 atom stereocenters. The first-order valence-corrected chi connectivity index (χ1v) is 17.1. The molecule has 8 aromatic carbocycles. The Morgan fingerprint density at radius 1 is 0.429 bits per heavy atom. The Bertz CT molecular complexity index is 2750. The third-order valence-electron chi connectivity index (χ3n) is 10.7. The highest BCUT2D eigenvalue weighted by Crippen LogP contribution is 2.51. The minimum atomic E-state index is -0.187. The van der Waals surface area contributed by atoms with Gasteiger partial charge in [-0.15, -0.1) is 0 Å². The van der Waals surface area contributed by atoms with Gasteiger partial charge in [0.1, 0.15) is 0 Å². The molecule has 1 aliphatic carbocycles. The summed E-state index contributed by atoms with van der Waals surface area (Å²) in [6.45, 7) is 4.76. The molecule has 1 aliphatic rings. The van der Waals surface area contributed by atoms with E-state index < -0.39 is 0 Å². The molecule has 49 heavy (non-hydrogen) atoms. The van der Waals surface area contributed by atoms with Crippen LogP contribution in [0.2, 0.25) is 0 Å². The van der Waals surface area contributed by atoms with Crippen molar-refractivity contribution < 1.29 is 0 Å². The van der Waals surface area contributed by atoms with Crippen molar-refractivity contribution in [3.63, 3.8) is 0 Å². The number of benzene rings is 8. The zero-order chi connectivity index (χ0) is 32.7. The number of para-hydroxylation sites is 2. The normalized spacial score (nSPS) is 13.3. The zero-order valence-corrected chi connectivity index (χ0v) is 27.6. The van der Waals surface area contributed by atoms with Gasteiger partial charge in [0.2, 0.25) is 0 Å². The number of aromatic nitrogens is 1. The molecular formula is C47H34N2. The number of anilines is 3. The molecular weight excluding hydrogens is 593 g/mol. The zero-order valence-electron chi connectivity index (χ0n) is 27.6. The number of fused-ring (bicyclic) bond motifs is 9. The third-order valence-corrected chi connectivity index (χ3v) is 10.7. The van der Waals surface area contributed by atoms with Crippen LogP contribution in [-0.4, -0.2) is 4.57 Å². The van der Waals surface area contributed by atoms with Crippen LogP contribution >= 0.6 is 0 Å². The Labute approximate surface area is 286 Å². The Balaban J connectivity index is 1.13. The van der Waals surface area contributed by atoms with Crippen molar-refractivity contribution in [3.05, 3.63) is 181 Å². The highest BCUT2D eigenvalue weighted by molar-refractivity contribution is 6.21. The van der Waals surface area contributed by atoms with Crippen LogP contribution in [0.3, 0.4) is 0 Å².